The van der Waals surface area contributed by atoms with Crippen LogP contribution in [0.1, 0.15) is 36.3 Å². The quantitative estimate of drug-likeness (QED) is 0.616. The number of rotatable bonds is 5. The molecule has 0 fully saturated rings. The van der Waals surface area contributed by atoms with E-state index in [2.05, 4.69) is 16.7 Å². The highest BCUT2D eigenvalue weighted by Gasteiger charge is 2.37. The van der Waals surface area contributed by atoms with E-state index < -0.39 is 5.92 Å². The van der Waals surface area contributed by atoms with E-state index in [1.807, 2.05) is 49.4 Å². The minimum absolute atomic E-state index is 0.0396. The molecule has 2 aromatic carbocycles. The zero-order valence-electron chi connectivity index (χ0n) is 17.6. The minimum Gasteiger partial charge on any atom is -0.352 e. The van der Waals surface area contributed by atoms with Gasteiger partial charge in [0.25, 0.3) is 0 Å². The Bertz CT molecular complexity index is 1200. The van der Waals surface area contributed by atoms with Crippen LogP contribution in [0.15, 0.2) is 70.4 Å². The van der Waals surface area contributed by atoms with Crippen molar-refractivity contribution in [3.63, 3.8) is 0 Å². The van der Waals surface area contributed by atoms with Crippen molar-refractivity contribution in [2.24, 2.45) is 0 Å². The molecule has 2 aromatic rings. The predicted molar refractivity (Wildman–Crippen MR) is 128 cm³/mol. The molecule has 1 heterocycles. The molecule has 0 aromatic heterocycles. The number of Topliss-reactive ketones (excluding diaryl/α,β-unsaturated/α-hetero) is 1. The first-order valence-electron chi connectivity index (χ1n) is 10.4. The number of ketones is 1. The maximum Gasteiger partial charge on any atom is 0.234 e. The van der Waals surface area contributed by atoms with Crippen molar-refractivity contribution in [1.82, 2.24) is 5.32 Å². The molecule has 1 aliphatic carbocycles. The van der Waals surface area contributed by atoms with Gasteiger partial charge in [0.05, 0.1) is 28.3 Å². The molecular formula is C25H22ClN3O2S. The van der Waals surface area contributed by atoms with Crippen LogP contribution in [0.3, 0.4) is 0 Å². The molecule has 0 unspecified atom stereocenters. The number of dihydropyridines is 1. The average molecular weight is 464 g/mol. The van der Waals surface area contributed by atoms with E-state index in [4.69, 9.17) is 11.6 Å². The van der Waals surface area contributed by atoms with Crippen molar-refractivity contribution in [2.45, 2.75) is 32.1 Å². The van der Waals surface area contributed by atoms with Crippen molar-refractivity contribution in [1.29, 1.82) is 5.26 Å². The van der Waals surface area contributed by atoms with E-state index in [1.165, 1.54) is 11.8 Å². The van der Waals surface area contributed by atoms with Crippen LogP contribution in [0.5, 0.6) is 0 Å². The summed E-state index contributed by atoms with van der Waals surface area (Å²) in [6.07, 6.45) is 1.94. The number of nitrogens with zero attached hydrogens (tertiary/aromatic N) is 1. The molecule has 0 saturated carbocycles. The van der Waals surface area contributed by atoms with E-state index in [0.717, 1.165) is 35.4 Å². The first-order chi connectivity index (χ1) is 15.5. The second-order valence-electron chi connectivity index (χ2n) is 7.75. The summed E-state index contributed by atoms with van der Waals surface area (Å²) < 4.78 is 0. The normalized spacial score (nSPS) is 18.0. The number of carbonyl (C=O) groups is 2. The van der Waals surface area contributed by atoms with E-state index >= 15 is 0 Å². The lowest BCUT2D eigenvalue weighted by Gasteiger charge is -2.33. The highest BCUT2D eigenvalue weighted by atomic mass is 35.5. The van der Waals surface area contributed by atoms with Gasteiger partial charge in [-0.2, -0.15) is 5.26 Å². The van der Waals surface area contributed by atoms with Crippen LogP contribution in [0.2, 0.25) is 5.02 Å². The fourth-order valence-corrected chi connectivity index (χ4v) is 5.20. The first-order valence-corrected chi connectivity index (χ1v) is 11.8. The molecule has 5 nitrogen and oxygen atoms in total. The molecule has 0 radical (unpaired) electrons. The second-order valence-corrected chi connectivity index (χ2v) is 9.15. The SMILES string of the molecule is Cc1ccccc1NC(=O)CSC1=C(C#N)[C@@H](c2ccccc2Cl)C2=C(CCCC2=O)N1. The summed E-state index contributed by atoms with van der Waals surface area (Å²) in [5.74, 6) is -0.518. The van der Waals surface area contributed by atoms with E-state index in [-0.39, 0.29) is 17.4 Å². The Labute approximate surface area is 196 Å². The molecule has 0 spiro atoms. The van der Waals surface area contributed by atoms with Gasteiger partial charge in [0.1, 0.15) is 0 Å². The summed E-state index contributed by atoms with van der Waals surface area (Å²) in [5, 5.41) is 17.4. The Morgan fingerprint density at radius 3 is 2.72 bits per heavy atom. The molecule has 1 atom stereocenters. The number of nitrogens with one attached hydrogen (secondary N) is 2. The molecule has 2 N–H and O–H groups in total. The summed E-state index contributed by atoms with van der Waals surface area (Å²) in [6.45, 7) is 1.93. The second kappa shape index (κ2) is 9.64. The Morgan fingerprint density at radius 1 is 1.22 bits per heavy atom. The maximum absolute atomic E-state index is 12.8. The number of para-hydroxylation sites is 1. The lowest BCUT2D eigenvalue weighted by molar-refractivity contribution is -0.116. The van der Waals surface area contributed by atoms with Crippen molar-refractivity contribution >= 4 is 40.7 Å². The molecule has 7 heteroatoms. The number of thioether (sulfide) groups is 1. The minimum atomic E-state index is -0.528. The van der Waals surface area contributed by atoms with Crippen LogP contribution in [0, 0.1) is 18.3 Å². The number of allylic oxidation sites excluding steroid dienone is 3. The van der Waals surface area contributed by atoms with Crippen LogP contribution in [0.25, 0.3) is 0 Å². The number of nitriles is 1. The van der Waals surface area contributed by atoms with Crippen LogP contribution in [-0.4, -0.2) is 17.4 Å². The van der Waals surface area contributed by atoms with Gasteiger partial charge in [-0.15, -0.1) is 0 Å². The fraction of sp³-hybridized carbons (Fsp3) is 0.240. The summed E-state index contributed by atoms with van der Waals surface area (Å²) >= 11 is 7.75. The van der Waals surface area contributed by atoms with Crippen LogP contribution < -0.4 is 10.6 Å². The number of benzene rings is 2. The van der Waals surface area contributed by atoms with Crippen molar-refractivity contribution in [3.05, 3.63) is 86.6 Å². The Morgan fingerprint density at radius 2 is 1.97 bits per heavy atom. The standard InChI is InChI=1S/C25H22ClN3O2S/c1-15-7-2-5-10-19(15)28-22(31)14-32-25-17(13-27)23(16-8-3-4-9-18(16)26)24-20(29-25)11-6-12-21(24)30/h2-5,7-10,23,29H,6,11-12,14H2,1H3,(H,28,31)/t23-/m1/s1. The molecule has 32 heavy (non-hydrogen) atoms. The van der Waals surface area contributed by atoms with Gasteiger partial charge < -0.3 is 10.6 Å². The highest BCUT2D eigenvalue weighted by Crippen LogP contribution is 2.45. The van der Waals surface area contributed by atoms with Crippen LogP contribution >= 0.6 is 23.4 Å². The van der Waals surface area contributed by atoms with E-state index in [9.17, 15) is 14.9 Å². The van der Waals surface area contributed by atoms with Crippen LogP contribution in [0.4, 0.5) is 5.69 Å². The summed E-state index contributed by atoms with van der Waals surface area (Å²) in [4.78, 5) is 25.4. The number of anilines is 1. The summed E-state index contributed by atoms with van der Waals surface area (Å²) in [5.41, 5.74) is 4.34. The zero-order chi connectivity index (χ0) is 22.7. The third kappa shape index (κ3) is 4.45. The third-order valence-electron chi connectivity index (χ3n) is 5.65. The van der Waals surface area contributed by atoms with Crippen molar-refractivity contribution in [3.8, 4) is 6.07 Å². The number of hydrogen-bond acceptors (Lipinski definition) is 5. The fourth-order valence-electron chi connectivity index (χ4n) is 4.09. The monoisotopic (exact) mass is 463 g/mol. The smallest absolute Gasteiger partial charge is 0.234 e. The van der Waals surface area contributed by atoms with Gasteiger partial charge in [0.15, 0.2) is 5.78 Å². The lowest BCUT2D eigenvalue weighted by atomic mass is 9.77. The molecule has 1 aliphatic heterocycles. The number of aryl methyl sites for hydroxylation is 1. The molecule has 2 aliphatic rings. The lowest BCUT2D eigenvalue weighted by Crippen LogP contribution is -2.32. The van der Waals surface area contributed by atoms with Gasteiger partial charge in [0.2, 0.25) is 5.91 Å². The predicted octanol–water partition coefficient (Wildman–Crippen LogP) is 5.45. The average Bonchev–Trinajstić information content (AvgIpc) is 2.79. The summed E-state index contributed by atoms with van der Waals surface area (Å²) in [7, 11) is 0. The zero-order valence-corrected chi connectivity index (χ0v) is 19.1. The van der Waals surface area contributed by atoms with Gasteiger partial charge in [-0.3, -0.25) is 9.59 Å². The van der Waals surface area contributed by atoms with Gasteiger partial charge >= 0.3 is 0 Å². The number of carbonyl (C=O) groups excluding carboxylic acids is 2. The number of halogens is 1. The maximum atomic E-state index is 12.8. The van der Waals surface area contributed by atoms with Crippen molar-refractivity contribution < 1.29 is 9.59 Å². The largest absolute Gasteiger partial charge is 0.352 e. The van der Waals surface area contributed by atoms with E-state index in [1.54, 1.807) is 6.07 Å². The topological polar surface area (TPSA) is 82.0 Å². The van der Waals surface area contributed by atoms with Gasteiger partial charge in [0, 0.05) is 28.4 Å². The van der Waals surface area contributed by atoms with Gasteiger partial charge in [-0.25, -0.2) is 0 Å². The highest BCUT2D eigenvalue weighted by molar-refractivity contribution is 8.03. The molecule has 0 bridgehead atoms. The Hall–Kier alpha value is -3.01. The first kappa shape index (κ1) is 22.2. The van der Waals surface area contributed by atoms with Gasteiger partial charge in [-0.1, -0.05) is 59.8 Å². The molecule has 1 amide bonds. The van der Waals surface area contributed by atoms with Gasteiger partial charge in [-0.05, 0) is 43.0 Å². The third-order valence-corrected chi connectivity index (χ3v) is 7.01. The van der Waals surface area contributed by atoms with E-state index in [0.29, 0.717) is 27.6 Å². The molecule has 4 rings (SSSR count). The van der Waals surface area contributed by atoms with Crippen LogP contribution in [-0.2, 0) is 9.59 Å². The Balaban J connectivity index is 1.64. The Kier molecular flexibility index (Phi) is 6.69. The summed E-state index contributed by atoms with van der Waals surface area (Å²) in [6, 6.07) is 17.2. The molecule has 0 saturated heterocycles. The molecule has 162 valence electrons. The van der Waals surface area contributed by atoms with Crippen molar-refractivity contribution in [2.75, 3.05) is 11.1 Å². The number of hydrogen-bond donors (Lipinski definition) is 2. The number of amides is 1. The molecular weight excluding hydrogens is 442 g/mol.